The molecule has 1 heterocycles. The number of anilines is 1. The summed E-state index contributed by atoms with van der Waals surface area (Å²) in [7, 11) is 1.74. The van der Waals surface area contributed by atoms with E-state index in [0.717, 1.165) is 0 Å². The van der Waals surface area contributed by atoms with Gasteiger partial charge in [0.2, 0.25) is 0 Å². The molecule has 0 radical (unpaired) electrons. The van der Waals surface area contributed by atoms with Crippen molar-refractivity contribution in [2.45, 2.75) is 6.54 Å². The Morgan fingerprint density at radius 3 is 2.72 bits per heavy atom. The molecule has 0 unspecified atom stereocenters. The van der Waals surface area contributed by atoms with Crippen LogP contribution in [0.15, 0.2) is 35.5 Å². The topological polar surface area (TPSA) is 85.3 Å². The van der Waals surface area contributed by atoms with Crippen molar-refractivity contribution in [2.24, 2.45) is 5.16 Å². The Labute approximate surface area is 146 Å². The monoisotopic (exact) mass is 365 g/mol. The third kappa shape index (κ3) is 3.40. The van der Waals surface area contributed by atoms with Crippen molar-refractivity contribution >= 4 is 34.2 Å². The minimum Gasteiger partial charge on any atom is -0.409 e. The Balaban J connectivity index is 2.03. The fourth-order valence-electron chi connectivity index (χ4n) is 2.41. The normalized spacial score (nSPS) is 11.9. The summed E-state index contributed by atoms with van der Waals surface area (Å²) >= 11 is 5.75. The third-order valence-electron chi connectivity index (χ3n) is 3.53. The molecule has 25 heavy (non-hydrogen) atoms. The molecule has 0 atom stereocenters. The highest BCUT2D eigenvalue weighted by molar-refractivity contribution is 6.31. The Kier molecular flexibility index (Phi) is 4.82. The second kappa shape index (κ2) is 7.04. The lowest BCUT2D eigenvalue weighted by Crippen LogP contribution is -2.14. The van der Waals surface area contributed by atoms with Crippen LogP contribution in [0.3, 0.4) is 0 Å². The maximum absolute atomic E-state index is 14.0. The first kappa shape index (κ1) is 17.1. The van der Waals surface area contributed by atoms with Gasteiger partial charge in [0, 0.05) is 11.3 Å². The molecule has 0 spiro atoms. The van der Waals surface area contributed by atoms with E-state index in [4.69, 9.17) is 11.6 Å². The molecule has 0 fully saturated rings. The largest absolute Gasteiger partial charge is 0.409 e. The lowest BCUT2D eigenvalue weighted by atomic mass is 10.1. The van der Waals surface area contributed by atoms with Gasteiger partial charge in [0.25, 0.3) is 0 Å². The first-order valence-corrected chi connectivity index (χ1v) is 7.67. The molecule has 0 bridgehead atoms. The molecule has 0 saturated carbocycles. The van der Waals surface area contributed by atoms with E-state index in [9.17, 15) is 14.0 Å². The summed E-state index contributed by atoms with van der Waals surface area (Å²) in [6, 6.07) is 6.65. The molecule has 3 rings (SSSR count). The molecule has 3 aromatic rings. The van der Waals surface area contributed by atoms with Crippen molar-refractivity contribution in [3.8, 4) is 0 Å². The maximum Gasteiger partial charge on any atom is 0.179 e. The number of oxime groups is 1. The van der Waals surface area contributed by atoms with E-state index in [-0.39, 0.29) is 16.4 Å². The molecule has 6 nitrogen and oxygen atoms in total. The van der Waals surface area contributed by atoms with E-state index in [1.54, 1.807) is 7.05 Å². The van der Waals surface area contributed by atoms with Gasteiger partial charge in [-0.1, -0.05) is 16.8 Å². The van der Waals surface area contributed by atoms with Gasteiger partial charge in [0.15, 0.2) is 11.7 Å². The Hall–Kier alpha value is -2.71. The van der Waals surface area contributed by atoms with E-state index in [2.05, 4.69) is 25.8 Å². The summed E-state index contributed by atoms with van der Waals surface area (Å²) in [6.07, 6.45) is 0. The minimum atomic E-state index is -0.566. The summed E-state index contributed by atoms with van der Waals surface area (Å²) in [4.78, 5) is 7.18. The average Bonchev–Trinajstić information content (AvgIpc) is 3.02. The molecule has 9 heteroatoms. The Morgan fingerprint density at radius 2 is 2.04 bits per heavy atom. The number of nitrogens with zero attached hydrogens (tertiary/aromatic N) is 2. The number of imidazole rings is 1. The SMILES string of the molecule is CNCc1nc2c(F)ccc(/C(=N\O)Nc3ccc(F)c(Cl)c3)c2[nH]1. The molecular formula is C16H14ClF2N5O. The number of H-pyrrole nitrogens is 1. The van der Waals surface area contributed by atoms with Crippen LogP contribution in [-0.2, 0) is 6.54 Å². The molecule has 0 aliphatic rings. The Morgan fingerprint density at radius 1 is 1.28 bits per heavy atom. The number of hydrogen-bond acceptors (Lipinski definition) is 4. The van der Waals surface area contributed by atoms with Crippen LogP contribution in [0, 0.1) is 11.6 Å². The van der Waals surface area contributed by atoms with Crippen LogP contribution in [0.25, 0.3) is 11.0 Å². The zero-order valence-corrected chi connectivity index (χ0v) is 13.8. The summed E-state index contributed by atoms with van der Waals surface area (Å²) < 4.78 is 27.3. The fourth-order valence-corrected chi connectivity index (χ4v) is 2.59. The van der Waals surface area contributed by atoms with Gasteiger partial charge in [0.05, 0.1) is 17.1 Å². The predicted octanol–water partition coefficient (Wildman–Crippen LogP) is 3.46. The van der Waals surface area contributed by atoms with Gasteiger partial charge in [-0.3, -0.25) is 0 Å². The quantitative estimate of drug-likeness (QED) is 0.247. The highest BCUT2D eigenvalue weighted by Gasteiger charge is 2.16. The van der Waals surface area contributed by atoms with Gasteiger partial charge in [-0.15, -0.1) is 0 Å². The van der Waals surface area contributed by atoms with Crippen molar-refractivity contribution in [1.82, 2.24) is 15.3 Å². The van der Waals surface area contributed by atoms with E-state index >= 15 is 0 Å². The minimum absolute atomic E-state index is 0.0346. The molecule has 0 aliphatic carbocycles. The summed E-state index contributed by atoms with van der Waals surface area (Å²) in [6.45, 7) is 0.417. The van der Waals surface area contributed by atoms with Gasteiger partial charge in [-0.25, -0.2) is 13.8 Å². The van der Waals surface area contributed by atoms with Crippen LogP contribution in [0.5, 0.6) is 0 Å². The molecule has 130 valence electrons. The first-order chi connectivity index (χ1) is 12.0. The number of rotatable bonds is 4. The van der Waals surface area contributed by atoms with Crippen LogP contribution < -0.4 is 10.6 Å². The van der Waals surface area contributed by atoms with Crippen molar-refractivity contribution < 1.29 is 14.0 Å². The van der Waals surface area contributed by atoms with Crippen molar-refractivity contribution in [1.29, 1.82) is 0 Å². The number of benzene rings is 2. The second-order valence-corrected chi connectivity index (χ2v) is 5.64. The third-order valence-corrected chi connectivity index (χ3v) is 3.82. The summed E-state index contributed by atoms with van der Waals surface area (Å²) in [5.74, 6) is -0.498. The molecule has 4 N–H and O–H groups in total. The zero-order chi connectivity index (χ0) is 18.0. The van der Waals surface area contributed by atoms with E-state index in [1.165, 1.54) is 30.3 Å². The van der Waals surface area contributed by atoms with E-state index in [1.807, 2.05) is 0 Å². The van der Waals surface area contributed by atoms with Gasteiger partial charge in [0.1, 0.15) is 17.2 Å². The van der Waals surface area contributed by atoms with Crippen LogP contribution in [0.4, 0.5) is 14.5 Å². The lowest BCUT2D eigenvalue weighted by molar-refractivity contribution is 0.319. The number of aromatic amines is 1. The van der Waals surface area contributed by atoms with E-state index < -0.39 is 11.6 Å². The van der Waals surface area contributed by atoms with Gasteiger partial charge < -0.3 is 20.8 Å². The molecule has 0 amide bonds. The number of nitrogens with one attached hydrogen (secondary N) is 3. The molecule has 1 aromatic heterocycles. The van der Waals surface area contributed by atoms with Crippen LogP contribution in [0.1, 0.15) is 11.4 Å². The lowest BCUT2D eigenvalue weighted by Gasteiger charge is -2.10. The van der Waals surface area contributed by atoms with Crippen molar-refractivity contribution in [3.05, 3.63) is 58.4 Å². The van der Waals surface area contributed by atoms with Gasteiger partial charge in [-0.05, 0) is 37.4 Å². The summed E-state index contributed by atoms with van der Waals surface area (Å²) in [5.41, 5.74) is 1.31. The number of fused-ring (bicyclic) bond motifs is 1. The fraction of sp³-hybridized carbons (Fsp3) is 0.125. The summed E-state index contributed by atoms with van der Waals surface area (Å²) in [5, 5.41) is 18.3. The highest BCUT2D eigenvalue weighted by atomic mass is 35.5. The Bertz CT molecular complexity index is 957. The second-order valence-electron chi connectivity index (χ2n) is 5.23. The van der Waals surface area contributed by atoms with Crippen LogP contribution in [0.2, 0.25) is 5.02 Å². The number of hydrogen-bond donors (Lipinski definition) is 4. The van der Waals surface area contributed by atoms with E-state index in [0.29, 0.717) is 29.1 Å². The van der Waals surface area contributed by atoms with Crippen molar-refractivity contribution in [2.75, 3.05) is 12.4 Å². The molecule has 0 aliphatic heterocycles. The molecule has 2 aromatic carbocycles. The van der Waals surface area contributed by atoms with Gasteiger partial charge >= 0.3 is 0 Å². The average molecular weight is 366 g/mol. The zero-order valence-electron chi connectivity index (χ0n) is 13.1. The smallest absolute Gasteiger partial charge is 0.179 e. The van der Waals surface area contributed by atoms with Crippen molar-refractivity contribution in [3.63, 3.8) is 0 Å². The van der Waals surface area contributed by atoms with Gasteiger partial charge in [-0.2, -0.15) is 0 Å². The molecular weight excluding hydrogens is 352 g/mol. The van der Waals surface area contributed by atoms with Crippen LogP contribution in [-0.4, -0.2) is 28.1 Å². The highest BCUT2D eigenvalue weighted by Crippen LogP contribution is 2.23. The predicted molar refractivity (Wildman–Crippen MR) is 92.2 cm³/mol. The van der Waals surface area contributed by atoms with Crippen LogP contribution >= 0.6 is 11.6 Å². The first-order valence-electron chi connectivity index (χ1n) is 7.29. The number of amidine groups is 1. The molecule has 0 saturated heterocycles. The number of halogens is 3. The maximum atomic E-state index is 14.0. The standard InChI is InChI=1S/C16H14ClF2N5O/c1-20-7-13-22-14-9(3-5-12(19)15(14)23-13)16(24-25)21-8-2-4-11(18)10(17)6-8/h2-6,20,25H,7H2,1H3,(H,21,24)(H,22,23). The number of aromatic nitrogens is 2.